The normalized spacial score (nSPS) is 20.6. The standard InChI is InChI=1S/C10H16N4O2/c1-3-12-9-10(16)14(6-8(11)15)5-4-7(2)13-9/h4-5,9,12H,3,6H2,1-2H3,(H2,11,15). The lowest BCUT2D eigenvalue weighted by Crippen LogP contribution is -2.45. The van der Waals surface area contributed by atoms with Crippen molar-refractivity contribution < 1.29 is 9.59 Å². The van der Waals surface area contributed by atoms with Crippen LogP contribution in [0.1, 0.15) is 13.8 Å². The first-order valence-electron chi connectivity index (χ1n) is 5.09. The van der Waals surface area contributed by atoms with Crippen LogP contribution >= 0.6 is 0 Å². The number of nitrogens with two attached hydrogens (primary N) is 1. The van der Waals surface area contributed by atoms with Gasteiger partial charge < -0.3 is 10.6 Å². The zero-order valence-corrected chi connectivity index (χ0v) is 9.43. The van der Waals surface area contributed by atoms with Crippen molar-refractivity contribution in [2.45, 2.75) is 20.0 Å². The fourth-order valence-electron chi connectivity index (χ4n) is 1.36. The summed E-state index contributed by atoms with van der Waals surface area (Å²) in [6, 6.07) is 0. The van der Waals surface area contributed by atoms with Crippen molar-refractivity contribution in [3.05, 3.63) is 12.3 Å². The summed E-state index contributed by atoms with van der Waals surface area (Å²) in [5.74, 6) is -0.818. The third-order valence-corrected chi connectivity index (χ3v) is 2.07. The molecule has 16 heavy (non-hydrogen) atoms. The number of nitrogens with one attached hydrogen (secondary N) is 1. The van der Waals surface area contributed by atoms with E-state index in [-0.39, 0.29) is 12.5 Å². The molecule has 0 aromatic rings. The minimum atomic E-state index is -0.639. The van der Waals surface area contributed by atoms with E-state index in [9.17, 15) is 9.59 Å². The van der Waals surface area contributed by atoms with Gasteiger partial charge in [-0.3, -0.25) is 19.9 Å². The van der Waals surface area contributed by atoms with Crippen molar-refractivity contribution in [3.8, 4) is 0 Å². The summed E-state index contributed by atoms with van der Waals surface area (Å²) in [5, 5.41) is 2.94. The van der Waals surface area contributed by atoms with Gasteiger partial charge in [-0.2, -0.15) is 0 Å². The molecule has 6 heteroatoms. The SMILES string of the molecule is CCNC1N=C(C)C=CN(CC(N)=O)C1=O. The predicted octanol–water partition coefficient (Wildman–Crippen LogP) is -0.776. The zero-order valence-electron chi connectivity index (χ0n) is 9.43. The second-order valence-electron chi connectivity index (χ2n) is 3.48. The number of carbonyl (C=O) groups is 2. The Balaban J connectivity index is 2.85. The van der Waals surface area contributed by atoms with Crippen LogP contribution in [0.25, 0.3) is 0 Å². The largest absolute Gasteiger partial charge is 0.368 e. The van der Waals surface area contributed by atoms with Gasteiger partial charge in [0.15, 0.2) is 6.17 Å². The highest BCUT2D eigenvalue weighted by atomic mass is 16.2. The molecule has 1 rings (SSSR count). The van der Waals surface area contributed by atoms with E-state index in [0.717, 1.165) is 5.71 Å². The van der Waals surface area contributed by atoms with Crippen LogP contribution in [0, 0.1) is 0 Å². The van der Waals surface area contributed by atoms with E-state index in [1.807, 2.05) is 6.92 Å². The molecule has 0 spiro atoms. The number of nitrogens with zero attached hydrogens (tertiary/aromatic N) is 2. The van der Waals surface area contributed by atoms with E-state index in [0.29, 0.717) is 6.54 Å². The van der Waals surface area contributed by atoms with Crippen LogP contribution in [0.4, 0.5) is 0 Å². The van der Waals surface area contributed by atoms with Crippen LogP contribution in [-0.2, 0) is 9.59 Å². The Morgan fingerprint density at radius 1 is 1.69 bits per heavy atom. The van der Waals surface area contributed by atoms with E-state index in [1.54, 1.807) is 13.0 Å². The molecule has 1 atom stereocenters. The quantitative estimate of drug-likeness (QED) is 0.657. The maximum absolute atomic E-state index is 11.9. The first-order chi connectivity index (χ1) is 7.54. The molecule has 0 aromatic carbocycles. The summed E-state index contributed by atoms with van der Waals surface area (Å²) in [6.07, 6.45) is 2.57. The number of aliphatic imine (C=N–C) groups is 1. The maximum atomic E-state index is 11.9. The molecule has 1 heterocycles. The molecule has 1 unspecified atom stereocenters. The van der Waals surface area contributed by atoms with Crippen LogP contribution in [0.3, 0.4) is 0 Å². The summed E-state index contributed by atoms with van der Waals surface area (Å²) >= 11 is 0. The molecule has 1 aliphatic rings. The Labute approximate surface area is 94.2 Å². The summed E-state index contributed by atoms with van der Waals surface area (Å²) in [7, 11) is 0. The van der Waals surface area contributed by atoms with Gasteiger partial charge in [-0.1, -0.05) is 6.92 Å². The van der Waals surface area contributed by atoms with E-state index >= 15 is 0 Å². The first kappa shape index (κ1) is 12.4. The number of hydrogen-bond donors (Lipinski definition) is 2. The zero-order chi connectivity index (χ0) is 12.1. The topological polar surface area (TPSA) is 87.8 Å². The number of hydrogen-bond acceptors (Lipinski definition) is 4. The van der Waals surface area contributed by atoms with Gasteiger partial charge in [-0.05, 0) is 19.5 Å². The van der Waals surface area contributed by atoms with Gasteiger partial charge in [-0.15, -0.1) is 0 Å². The molecule has 2 amide bonds. The molecule has 0 saturated carbocycles. The van der Waals surface area contributed by atoms with Crippen molar-refractivity contribution in [2.75, 3.05) is 13.1 Å². The summed E-state index contributed by atoms with van der Waals surface area (Å²) in [4.78, 5) is 28.2. The maximum Gasteiger partial charge on any atom is 0.266 e. The lowest BCUT2D eigenvalue weighted by molar-refractivity contribution is -0.134. The summed E-state index contributed by atoms with van der Waals surface area (Å²) in [5.41, 5.74) is 5.79. The molecular weight excluding hydrogens is 208 g/mol. The Morgan fingerprint density at radius 3 is 2.94 bits per heavy atom. The van der Waals surface area contributed by atoms with Crippen molar-refractivity contribution >= 4 is 17.5 Å². The molecule has 88 valence electrons. The van der Waals surface area contributed by atoms with Crippen molar-refractivity contribution in [1.29, 1.82) is 0 Å². The molecule has 6 nitrogen and oxygen atoms in total. The summed E-state index contributed by atoms with van der Waals surface area (Å²) < 4.78 is 0. The minimum absolute atomic E-state index is 0.125. The molecule has 0 bridgehead atoms. The van der Waals surface area contributed by atoms with Crippen molar-refractivity contribution in [1.82, 2.24) is 10.2 Å². The monoisotopic (exact) mass is 224 g/mol. The number of rotatable bonds is 4. The minimum Gasteiger partial charge on any atom is -0.368 e. The van der Waals surface area contributed by atoms with Gasteiger partial charge in [-0.25, -0.2) is 0 Å². The molecule has 0 saturated heterocycles. The fraction of sp³-hybridized carbons (Fsp3) is 0.500. The average molecular weight is 224 g/mol. The second kappa shape index (κ2) is 5.41. The molecule has 0 aliphatic carbocycles. The summed E-state index contributed by atoms with van der Waals surface area (Å²) in [6.45, 7) is 4.17. The molecule has 0 radical (unpaired) electrons. The lowest BCUT2D eigenvalue weighted by atomic mass is 10.4. The van der Waals surface area contributed by atoms with Crippen LogP contribution in [0.5, 0.6) is 0 Å². The van der Waals surface area contributed by atoms with E-state index in [4.69, 9.17) is 5.73 Å². The lowest BCUT2D eigenvalue weighted by Gasteiger charge is -2.19. The Bertz CT molecular complexity index is 349. The van der Waals surface area contributed by atoms with Crippen LogP contribution in [-0.4, -0.2) is 41.7 Å². The van der Waals surface area contributed by atoms with Crippen LogP contribution in [0.2, 0.25) is 0 Å². The van der Waals surface area contributed by atoms with Crippen LogP contribution in [0.15, 0.2) is 17.3 Å². The highest BCUT2D eigenvalue weighted by molar-refractivity contribution is 5.98. The first-order valence-corrected chi connectivity index (χ1v) is 5.09. The van der Waals surface area contributed by atoms with Gasteiger partial charge in [0.1, 0.15) is 6.54 Å². The van der Waals surface area contributed by atoms with Gasteiger partial charge in [0.2, 0.25) is 5.91 Å². The molecule has 0 aromatic heterocycles. The Morgan fingerprint density at radius 2 is 2.38 bits per heavy atom. The third-order valence-electron chi connectivity index (χ3n) is 2.07. The molecule has 0 fully saturated rings. The third kappa shape index (κ3) is 3.16. The Hall–Kier alpha value is -1.69. The van der Waals surface area contributed by atoms with Gasteiger partial charge >= 0.3 is 0 Å². The van der Waals surface area contributed by atoms with E-state index < -0.39 is 12.1 Å². The molecule has 3 N–H and O–H groups in total. The van der Waals surface area contributed by atoms with Crippen molar-refractivity contribution in [2.24, 2.45) is 10.7 Å². The number of amides is 2. The fourth-order valence-corrected chi connectivity index (χ4v) is 1.36. The number of allylic oxidation sites excluding steroid dienone is 1. The highest BCUT2D eigenvalue weighted by Crippen LogP contribution is 2.04. The van der Waals surface area contributed by atoms with E-state index in [1.165, 1.54) is 11.1 Å². The number of primary amides is 1. The predicted molar refractivity (Wildman–Crippen MR) is 60.6 cm³/mol. The smallest absolute Gasteiger partial charge is 0.266 e. The van der Waals surface area contributed by atoms with Gasteiger partial charge in [0, 0.05) is 11.9 Å². The average Bonchev–Trinajstić information content (AvgIpc) is 2.32. The number of carbonyl (C=O) groups excluding carboxylic acids is 2. The van der Waals surface area contributed by atoms with Gasteiger partial charge in [0.05, 0.1) is 0 Å². The van der Waals surface area contributed by atoms with Crippen LogP contribution < -0.4 is 11.1 Å². The highest BCUT2D eigenvalue weighted by Gasteiger charge is 2.24. The molecule has 1 aliphatic heterocycles. The second-order valence-corrected chi connectivity index (χ2v) is 3.48. The van der Waals surface area contributed by atoms with Gasteiger partial charge in [0.25, 0.3) is 5.91 Å². The van der Waals surface area contributed by atoms with Crippen molar-refractivity contribution in [3.63, 3.8) is 0 Å². The number of likely N-dealkylation sites (N-methyl/N-ethyl adjacent to an activating group) is 1. The Kier molecular flexibility index (Phi) is 4.19. The van der Waals surface area contributed by atoms with E-state index in [2.05, 4.69) is 10.3 Å². The molecular formula is C10H16N4O2.